The number of nitrogens with zero attached hydrogens (tertiary/aromatic N) is 1. The molecule has 50 valence electrons. The molecule has 10 heavy (non-hydrogen) atoms. The molecule has 0 atom stereocenters. The first-order valence-electron chi connectivity index (χ1n) is 3.40. The summed E-state index contributed by atoms with van der Waals surface area (Å²) in [6.07, 6.45) is 5.27. The van der Waals surface area contributed by atoms with Gasteiger partial charge in [-0.05, 0) is 7.05 Å². The molecule has 0 aromatic carbocycles. The molecule has 1 saturated heterocycles. The van der Waals surface area contributed by atoms with Gasteiger partial charge in [0.2, 0.25) is 0 Å². The van der Waals surface area contributed by atoms with Crippen molar-refractivity contribution in [3.63, 3.8) is 0 Å². The molecule has 0 radical (unpaired) electrons. The Balaban J connectivity index is 2.47. The maximum atomic E-state index is 5.27. The molecule has 1 fully saturated rings. The molecule has 0 saturated carbocycles. The lowest BCUT2D eigenvalue weighted by molar-refractivity contribution is 0.792. The van der Waals surface area contributed by atoms with E-state index in [1.807, 2.05) is 11.8 Å². The maximum Gasteiger partial charge on any atom is 0.375 e. The van der Waals surface area contributed by atoms with E-state index in [9.17, 15) is 0 Å². The summed E-state index contributed by atoms with van der Waals surface area (Å²) in [5.74, 6) is 2.66. The van der Waals surface area contributed by atoms with Crippen molar-refractivity contribution < 1.29 is 0 Å². The van der Waals surface area contributed by atoms with E-state index >= 15 is 0 Å². The van der Waals surface area contributed by atoms with Crippen LogP contribution in [-0.4, -0.2) is 33.3 Å². The summed E-state index contributed by atoms with van der Waals surface area (Å²) in [7, 11) is 2.83. The Morgan fingerprint density at radius 3 is 2.90 bits per heavy atom. The molecule has 0 aromatic rings. The molecule has 3 nitrogen and oxygen atoms in total. The lowest BCUT2D eigenvalue weighted by Crippen LogP contribution is -2.68. The summed E-state index contributed by atoms with van der Waals surface area (Å²) in [4.78, 5) is 0. The second kappa shape index (κ2) is 3.15. The summed E-state index contributed by atoms with van der Waals surface area (Å²) in [5, 5.41) is 6.41. The van der Waals surface area contributed by atoms with Crippen molar-refractivity contribution in [3.8, 4) is 12.2 Å². The monoisotopic (exact) mass is 133 g/mol. The summed E-state index contributed by atoms with van der Waals surface area (Å²) in [6, 6.07) is 0. The van der Waals surface area contributed by atoms with Crippen LogP contribution in [0.2, 0.25) is 6.82 Å². The highest BCUT2D eigenvalue weighted by molar-refractivity contribution is 6.84. The molecule has 0 aromatic heterocycles. The average molecular weight is 133 g/mol. The molecule has 0 unspecified atom stereocenters. The van der Waals surface area contributed by atoms with E-state index < -0.39 is 0 Å². The van der Waals surface area contributed by atoms with Crippen molar-refractivity contribution >= 4 is 21.5 Å². The standard InChI is InChI=1S/C4H10B3N3/c1-4-7-9-6(2)8-5-10(7)3/h1,5,8-9H,2-3H3. The molecule has 1 aliphatic heterocycles. The van der Waals surface area contributed by atoms with Gasteiger partial charge in [0.05, 0.1) is 0 Å². The van der Waals surface area contributed by atoms with Crippen LogP contribution in [0, 0.1) is 12.2 Å². The van der Waals surface area contributed by atoms with Crippen molar-refractivity contribution in [1.29, 1.82) is 0 Å². The van der Waals surface area contributed by atoms with Crippen LogP contribution in [0.3, 0.4) is 0 Å². The van der Waals surface area contributed by atoms with Gasteiger partial charge in [-0.2, -0.15) is 0 Å². The van der Waals surface area contributed by atoms with Crippen LogP contribution in [0.15, 0.2) is 0 Å². The first-order chi connectivity index (χ1) is 4.74. The number of terminal acetylenes is 1. The fraction of sp³-hybridized carbons (Fsp3) is 0.500. The van der Waals surface area contributed by atoms with Gasteiger partial charge in [0, 0.05) is 0 Å². The SMILES string of the molecule is C#CB1NB(C)NBN1C. The fourth-order valence-electron chi connectivity index (χ4n) is 0.971. The van der Waals surface area contributed by atoms with Crippen LogP contribution in [0.5, 0.6) is 0 Å². The minimum atomic E-state index is 0.0799. The molecule has 0 aliphatic carbocycles. The van der Waals surface area contributed by atoms with E-state index in [1.54, 1.807) is 0 Å². The quantitative estimate of drug-likeness (QED) is 0.300. The molecule has 0 bridgehead atoms. The Morgan fingerprint density at radius 2 is 2.40 bits per heavy atom. The van der Waals surface area contributed by atoms with E-state index in [4.69, 9.17) is 6.42 Å². The summed E-state index contributed by atoms with van der Waals surface area (Å²) in [5.41, 5.74) is 0. The summed E-state index contributed by atoms with van der Waals surface area (Å²) < 4.78 is 2.04. The summed E-state index contributed by atoms with van der Waals surface area (Å²) in [6.45, 7) is 2.45. The van der Waals surface area contributed by atoms with Gasteiger partial charge >= 0.3 is 6.98 Å². The minimum Gasteiger partial charge on any atom is -0.374 e. The smallest absolute Gasteiger partial charge is 0.374 e. The highest BCUT2D eigenvalue weighted by Gasteiger charge is 2.27. The molecular weight excluding hydrogens is 123 g/mol. The highest BCUT2D eigenvalue weighted by Crippen LogP contribution is 1.88. The molecule has 1 heterocycles. The van der Waals surface area contributed by atoms with Crippen LogP contribution in [-0.2, 0) is 0 Å². The summed E-state index contributed by atoms with van der Waals surface area (Å²) >= 11 is 0. The zero-order chi connectivity index (χ0) is 7.56. The van der Waals surface area contributed by atoms with E-state index in [0.717, 1.165) is 7.55 Å². The number of hydrogen-bond acceptors (Lipinski definition) is 3. The molecule has 0 spiro atoms. The van der Waals surface area contributed by atoms with Crippen molar-refractivity contribution in [1.82, 2.24) is 15.0 Å². The van der Waals surface area contributed by atoms with Crippen LogP contribution in [0.4, 0.5) is 0 Å². The molecule has 0 amide bonds. The third-order valence-electron chi connectivity index (χ3n) is 1.65. The molecular formula is C4H10B3N3. The van der Waals surface area contributed by atoms with E-state index in [-0.39, 0.29) is 6.98 Å². The second-order valence-electron chi connectivity index (χ2n) is 2.58. The van der Waals surface area contributed by atoms with Crippen molar-refractivity contribution in [2.24, 2.45) is 0 Å². The number of rotatable bonds is 0. The largest absolute Gasteiger partial charge is 0.375 e. The average Bonchev–Trinajstić information content (AvgIpc) is 1.94. The minimum absolute atomic E-state index is 0.0799. The predicted octanol–water partition coefficient (Wildman–Crippen LogP) is -1.84. The third kappa shape index (κ3) is 1.57. The van der Waals surface area contributed by atoms with Gasteiger partial charge in [-0.15, -0.1) is 12.2 Å². The van der Waals surface area contributed by atoms with Gasteiger partial charge in [-0.25, -0.2) is 0 Å². The number of hydrogen-bond donors (Lipinski definition) is 2. The Morgan fingerprint density at radius 1 is 1.70 bits per heavy atom. The third-order valence-corrected chi connectivity index (χ3v) is 1.65. The zero-order valence-electron chi connectivity index (χ0n) is 6.39. The van der Waals surface area contributed by atoms with Gasteiger partial charge in [0.25, 0.3) is 14.5 Å². The van der Waals surface area contributed by atoms with Gasteiger partial charge in [0.15, 0.2) is 0 Å². The molecule has 6 heteroatoms. The first kappa shape index (κ1) is 7.74. The lowest BCUT2D eigenvalue weighted by Gasteiger charge is -2.29. The van der Waals surface area contributed by atoms with Gasteiger partial charge in [-0.1, -0.05) is 6.82 Å². The van der Waals surface area contributed by atoms with Gasteiger partial charge < -0.3 is 15.0 Å². The first-order valence-corrected chi connectivity index (χ1v) is 3.40. The van der Waals surface area contributed by atoms with Crippen LogP contribution in [0.1, 0.15) is 0 Å². The van der Waals surface area contributed by atoms with Gasteiger partial charge in [0.1, 0.15) is 0 Å². The zero-order valence-corrected chi connectivity index (χ0v) is 6.39. The van der Waals surface area contributed by atoms with Crippen molar-refractivity contribution in [2.75, 3.05) is 7.05 Å². The molecule has 1 aliphatic rings. The van der Waals surface area contributed by atoms with Crippen LogP contribution < -0.4 is 10.3 Å². The second-order valence-corrected chi connectivity index (χ2v) is 2.58. The van der Waals surface area contributed by atoms with E-state index in [2.05, 4.69) is 22.9 Å². The Bertz CT molecular complexity index is 156. The lowest BCUT2D eigenvalue weighted by atomic mass is 9.56. The normalized spacial score (nSPS) is 20.1. The van der Waals surface area contributed by atoms with Gasteiger partial charge in [-0.3, -0.25) is 0 Å². The molecule has 2 N–H and O–H groups in total. The van der Waals surface area contributed by atoms with E-state index in [1.165, 1.54) is 0 Å². The Kier molecular flexibility index (Phi) is 2.44. The fourth-order valence-corrected chi connectivity index (χ4v) is 0.971. The van der Waals surface area contributed by atoms with Crippen LogP contribution in [0.25, 0.3) is 0 Å². The Hall–Kier alpha value is -0.365. The van der Waals surface area contributed by atoms with Crippen LogP contribution >= 0.6 is 0 Å². The highest BCUT2D eigenvalue weighted by atomic mass is 15.1. The topological polar surface area (TPSA) is 27.3 Å². The maximum absolute atomic E-state index is 5.27. The number of nitrogens with one attached hydrogen (secondary N) is 2. The molecule has 1 rings (SSSR count). The van der Waals surface area contributed by atoms with Crippen molar-refractivity contribution in [2.45, 2.75) is 6.82 Å². The van der Waals surface area contributed by atoms with Crippen molar-refractivity contribution in [3.05, 3.63) is 0 Å². The van der Waals surface area contributed by atoms with E-state index in [0.29, 0.717) is 6.98 Å². The predicted molar refractivity (Wildman–Crippen MR) is 47.4 cm³/mol. The Labute approximate surface area is 63.5 Å².